The Morgan fingerprint density at radius 3 is 2.70 bits per heavy atom. The lowest BCUT2D eigenvalue weighted by Gasteiger charge is -2.44. The van der Waals surface area contributed by atoms with Gasteiger partial charge in [0.25, 0.3) is 0 Å². The largest absolute Gasteiger partial charge is 0.393 e. The average Bonchev–Trinajstić information content (AvgIpc) is 3.00. The summed E-state index contributed by atoms with van der Waals surface area (Å²) in [6.45, 7) is 13.0. The number of allylic oxidation sites excluding steroid dienone is 3. The molecule has 170 valence electrons. The van der Waals surface area contributed by atoms with Gasteiger partial charge in [-0.25, -0.2) is 0 Å². The molecule has 4 heteroatoms. The monoisotopic (exact) mass is 418 g/mol. The molecule has 30 heavy (non-hydrogen) atoms. The number of rotatable bonds is 6. The maximum Gasteiger partial charge on any atom is 0.0811 e. The summed E-state index contributed by atoms with van der Waals surface area (Å²) in [6, 6.07) is 0. The minimum absolute atomic E-state index is 0.198. The minimum atomic E-state index is -0.680. The predicted molar refractivity (Wildman–Crippen MR) is 121 cm³/mol. The second-order valence-corrected chi connectivity index (χ2v) is 10.8. The normalized spacial score (nSPS) is 38.8. The molecule has 0 aliphatic heterocycles. The third-order valence-electron chi connectivity index (χ3n) is 7.96. The highest BCUT2D eigenvalue weighted by atomic mass is 16.5. The zero-order valence-corrected chi connectivity index (χ0v) is 19.4. The molecule has 0 aromatic carbocycles. The molecule has 0 spiro atoms. The van der Waals surface area contributed by atoms with Gasteiger partial charge in [-0.2, -0.15) is 0 Å². The summed E-state index contributed by atoms with van der Waals surface area (Å²) >= 11 is 0. The van der Waals surface area contributed by atoms with Crippen molar-refractivity contribution in [2.45, 2.75) is 103 Å². The van der Waals surface area contributed by atoms with Crippen molar-refractivity contribution in [2.75, 3.05) is 6.61 Å². The molecule has 3 saturated carbocycles. The van der Waals surface area contributed by atoms with Crippen LogP contribution in [0.2, 0.25) is 0 Å². The van der Waals surface area contributed by atoms with Gasteiger partial charge in [-0.1, -0.05) is 31.2 Å². The molecule has 0 bridgehead atoms. The Morgan fingerprint density at radius 1 is 1.27 bits per heavy atom. The van der Waals surface area contributed by atoms with Gasteiger partial charge in [-0.3, -0.25) is 0 Å². The van der Waals surface area contributed by atoms with Crippen molar-refractivity contribution in [3.63, 3.8) is 0 Å². The lowest BCUT2D eigenvalue weighted by atomic mass is 9.62. The zero-order valence-electron chi connectivity index (χ0n) is 19.4. The third kappa shape index (κ3) is 5.27. The minimum Gasteiger partial charge on any atom is -0.393 e. The first-order valence-corrected chi connectivity index (χ1v) is 11.8. The molecule has 0 unspecified atom stereocenters. The quantitative estimate of drug-likeness (QED) is 0.585. The molecule has 4 nitrogen and oxygen atoms in total. The maximum atomic E-state index is 10.1. The van der Waals surface area contributed by atoms with Gasteiger partial charge in [0.1, 0.15) is 0 Å². The van der Waals surface area contributed by atoms with E-state index in [2.05, 4.69) is 32.6 Å². The van der Waals surface area contributed by atoms with E-state index in [9.17, 15) is 15.3 Å². The average molecular weight is 419 g/mol. The van der Waals surface area contributed by atoms with Crippen molar-refractivity contribution in [1.82, 2.24) is 0 Å². The van der Waals surface area contributed by atoms with E-state index in [1.807, 2.05) is 13.8 Å². The van der Waals surface area contributed by atoms with Gasteiger partial charge in [0.05, 0.1) is 23.9 Å². The second-order valence-electron chi connectivity index (χ2n) is 10.8. The molecule has 3 fully saturated rings. The van der Waals surface area contributed by atoms with Crippen LogP contribution in [-0.4, -0.2) is 45.8 Å². The number of hydrogen-bond donors (Lipinski definition) is 3. The molecule has 3 aliphatic carbocycles. The summed E-state index contributed by atoms with van der Waals surface area (Å²) < 4.78 is 6.19. The first-order valence-electron chi connectivity index (χ1n) is 11.8. The topological polar surface area (TPSA) is 69.9 Å². The molecule has 3 aliphatic rings. The van der Waals surface area contributed by atoms with Crippen LogP contribution >= 0.6 is 0 Å². The van der Waals surface area contributed by atoms with Gasteiger partial charge in [-0.05, 0) is 94.1 Å². The van der Waals surface area contributed by atoms with E-state index in [4.69, 9.17) is 4.74 Å². The Morgan fingerprint density at radius 2 is 2.00 bits per heavy atom. The number of fused-ring (bicyclic) bond motifs is 1. The van der Waals surface area contributed by atoms with E-state index in [-0.39, 0.29) is 11.5 Å². The molecule has 0 saturated heterocycles. The number of aliphatic hydroxyl groups is 3. The van der Waals surface area contributed by atoms with Crippen molar-refractivity contribution in [1.29, 1.82) is 0 Å². The second kappa shape index (κ2) is 9.28. The van der Waals surface area contributed by atoms with Crippen LogP contribution in [0.1, 0.15) is 79.1 Å². The number of hydrogen-bond acceptors (Lipinski definition) is 4. The molecule has 0 amide bonds. The van der Waals surface area contributed by atoms with Crippen LogP contribution in [-0.2, 0) is 4.74 Å². The van der Waals surface area contributed by atoms with Crippen molar-refractivity contribution < 1.29 is 20.1 Å². The molecular formula is C26H42O4. The highest BCUT2D eigenvalue weighted by Gasteiger charge is 2.51. The van der Waals surface area contributed by atoms with Crippen LogP contribution in [0.5, 0.6) is 0 Å². The van der Waals surface area contributed by atoms with Crippen molar-refractivity contribution in [3.05, 3.63) is 35.5 Å². The Hall–Kier alpha value is -0.940. The molecule has 0 radical (unpaired) electrons. The summed E-state index contributed by atoms with van der Waals surface area (Å²) in [5.41, 5.74) is 2.82. The van der Waals surface area contributed by atoms with E-state index >= 15 is 0 Å². The maximum absolute atomic E-state index is 10.1. The number of aliphatic hydroxyl groups excluding tert-OH is 2. The standard InChI is InChI=1S/C26H42O4/c1-17-20(15-21(27)16-24(17)28)9-8-19-7-6-12-26(5)22(10-11-23(19)26)18(2)30-14-13-25(3,4)29/h8-9,18,21-24,27-29H,1,6-7,10-16H2,2-5H3/t18-,21+,22+,23-,24-,26+/m0/s1. The molecule has 0 heterocycles. The van der Waals surface area contributed by atoms with E-state index in [0.29, 0.717) is 37.7 Å². The van der Waals surface area contributed by atoms with E-state index in [1.54, 1.807) is 0 Å². The Labute approximate surface area is 182 Å². The van der Waals surface area contributed by atoms with Gasteiger partial charge in [0.2, 0.25) is 0 Å². The van der Waals surface area contributed by atoms with Crippen molar-refractivity contribution >= 4 is 0 Å². The van der Waals surface area contributed by atoms with Gasteiger partial charge < -0.3 is 20.1 Å². The smallest absolute Gasteiger partial charge is 0.0811 e. The van der Waals surface area contributed by atoms with E-state index in [0.717, 1.165) is 17.6 Å². The lowest BCUT2D eigenvalue weighted by Crippen LogP contribution is -2.39. The summed E-state index contributed by atoms with van der Waals surface area (Å²) in [6.07, 6.45) is 11.0. The first-order chi connectivity index (χ1) is 14.0. The third-order valence-corrected chi connectivity index (χ3v) is 7.96. The summed E-state index contributed by atoms with van der Waals surface area (Å²) in [4.78, 5) is 0. The zero-order chi connectivity index (χ0) is 22.1. The lowest BCUT2D eigenvalue weighted by molar-refractivity contribution is -0.0454. The van der Waals surface area contributed by atoms with Crippen LogP contribution < -0.4 is 0 Å². The van der Waals surface area contributed by atoms with Gasteiger partial charge in [-0.15, -0.1) is 0 Å². The SMILES string of the molecule is C=C1C(=CC=C2CCC[C@]3(C)[C@@H]([C@H](C)OCCC(C)(C)O)CC[C@@H]23)C[C@@H](O)C[C@@H]1O. The molecular weight excluding hydrogens is 376 g/mol. The highest BCUT2D eigenvalue weighted by molar-refractivity contribution is 5.38. The molecule has 0 aromatic rings. The van der Waals surface area contributed by atoms with Crippen LogP contribution in [0.3, 0.4) is 0 Å². The molecule has 3 rings (SSSR count). The molecule has 6 atom stereocenters. The van der Waals surface area contributed by atoms with E-state index in [1.165, 1.54) is 31.3 Å². The van der Waals surface area contributed by atoms with Gasteiger partial charge >= 0.3 is 0 Å². The summed E-state index contributed by atoms with van der Waals surface area (Å²) in [5.74, 6) is 1.11. The fraction of sp³-hybridized carbons (Fsp3) is 0.769. The van der Waals surface area contributed by atoms with Crippen LogP contribution in [0.15, 0.2) is 35.5 Å². The fourth-order valence-corrected chi connectivity index (χ4v) is 6.13. The molecule has 3 N–H and O–H groups in total. The van der Waals surface area contributed by atoms with Crippen LogP contribution in [0.4, 0.5) is 0 Å². The van der Waals surface area contributed by atoms with Gasteiger partial charge in [0.15, 0.2) is 0 Å². The predicted octanol–water partition coefficient (Wildman–Crippen LogP) is 4.69. The van der Waals surface area contributed by atoms with E-state index < -0.39 is 17.8 Å². The van der Waals surface area contributed by atoms with Crippen LogP contribution in [0, 0.1) is 17.3 Å². The number of ether oxygens (including phenoxy) is 1. The molecule has 0 aromatic heterocycles. The summed E-state index contributed by atoms with van der Waals surface area (Å²) in [5, 5.41) is 30.1. The Bertz CT molecular complexity index is 686. The van der Waals surface area contributed by atoms with Crippen LogP contribution in [0.25, 0.3) is 0 Å². The van der Waals surface area contributed by atoms with Crippen molar-refractivity contribution in [3.8, 4) is 0 Å². The highest BCUT2D eigenvalue weighted by Crippen LogP contribution is 2.58. The van der Waals surface area contributed by atoms with Crippen molar-refractivity contribution in [2.24, 2.45) is 17.3 Å². The Balaban J connectivity index is 1.70. The fourth-order valence-electron chi connectivity index (χ4n) is 6.13. The first kappa shape index (κ1) is 23.7. The van der Waals surface area contributed by atoms with Gasteiger partial charge in [0, 0.05) is 13.0 Å². The Kier molecular flexibility index (Phi) is 7.33. The summed E-state index contributed by atoms with van der Waals surface area (Å²) in [7, 11) is 0.